The van der Waals surface area contributed by atoms with Crippen molar-refractivity contribution in [3.8, 4) is 0 Å². The molecule has 1 aliphatic carbocycles. The second-order valence-corrected chi connectivity index (χ2v) is 6.50. The summed E-state index contributed by atoms with van der Waals surface area (Å²) in [5, 5.41) is 2.71. The molecular formula is C14H18N2O2S. The number of piperazine rings is 1. The fourth-order valence-corrected chi connectivity index (χ4v) is 3.55. The van der Waals surface area contributed by atoms with Gasteiger partial charge in [-0.15, -0.1) is 11.3 Å². The second kappa shape index (κ2) is 4.96. The first-order chi connectivity index (χ1) is 9.19. The molecule has 5 heteroatoms. The lowest BCUT2D eigenvalue weighted by molar-refractivity contribution is -0.147. The minimum absolute atomic E-state index is 0.0226. The lowest BCUT2D eigenvalue weighted by Crippen LogP contribution is -2.58. The summed E-state index contributed by atoms with van der Waals surface area (Å²) in [6.07, 6.45) is 3.14. The highest BCUT2D eigenvalue weighted by Crippen LogP contribution is 2.37. The van der Waals surface area contributed by atoms with Gasteiger partial charge in [-0.1, -0.05) is 6.92 Å². The van der Waals surface area contributed by atoms with E-state index < -0.39 is 0 Å². The third-order valence-electron chi connectivity index (χ3n) is 3.80. The Morgan fingerprint density at radius 3 is 2.68 bits per heavy atom. The van der Waals surface area contributed by atoms with Gasteiger partial charge < -0.3 is 10.2 Å². The lowest BCUT2D eigenvalue weighted by Gasteiger charge is -2.34. The predicted molar refractivity (Wildman–Crippen MR) is 73.8 cm³/mol. The van der Waals surface area contributed by atoms with Crippen LogP contribution in [0.3, 0.4) is 0 Å². The summed E-state index contributed by atoms with van der Waals surface area (Å²) in [5.74, 6) is 0.437. The van der Waals surface area contributed by atoms with E-state index in [0.717, 1.165) is 19.3 Å². The van der Waals surface area contributed by atoms with Crippen LogP contribution in [0, 0.1) is 5.92 Å². The maximum atomic E-state index is 12.1. The summed E-state index contributed by atoms with van der Waals surface area (Å²) in [7, 11) is 0. The Morgan fingerprint density at radius 2 is 2.05 bits per heavy atom. The van der Waals surface area contributed by atoms with Crippen molar-refractivity contribution in [1.29, 1.82) is 0 Å². The zero-order valence-corrected chi connectivity index (χ0v) is 11.8. The fraction of sp³-hybridized carbons (Fsp3) is 0.571. The van der Waals surface area contributed by atoms with Crippen LogP contribution in [0.25, 0.3) is 0 Å². The number of aryl methyl sites for hydroxylation is 1. The second-order valence-electron chi connectivity index (χ2n) is 5.24. The number of rotatable bonds is 4. The number of thiophene rings is 1. The van der Waals surface area contributed by atoms with Gasteiger partial charge >= 0.3 is 0 Å². The molecule has 2 fully saturated rings. The molecule has 4 nitrogen and oxygen atoms in total. The van der Waals surface area contributed by atoms with Crippen LogP contribution >= 0.6 is 11.3 Å². The van der Waals surface area contributed by atoms with Gasteiger partial charge in [-0.3, -0.25) is 9.59 Å². The molecule has 0 bridgehead atoms. The van der Waals surface area contributed by atoms with Gasteiger partial charge in [0, 0.05) is 9.75 Å². The smallest absolute Gasteiger partial charge is 0.243 e. The topological polar surface area (TPSA) is 49.4 Å². The molecule has 1 saturated heterocycles. The van der Waals surface area contributed by atoms with Crippen molar-refractivity contribution in [1.82, 2.24) is 10.2 Å². The van der Waals surface area contributed by atoms with Crippen LogP contribution in [0.5, 0.6) is 0 Å². The average molecular weight is 278 g/mol. The molecule has 0 spiro atoms. The number of carbonyl (C=O) groups is 2. The number of nitrogens with one attached hydrogen (secondary N) is 1. The SMILES string of the molecule is CCc1ccc(CN2C(=O)CNC(=O)C2C2CC2)s1. The van der Waals surface area contributed by atoms with Crippen LogP contribution in [0.1, 0.15) is 29.5 Å². The molecule has 19 heavy (non-hydrogen) atoms. The van der Waals surface area contributed by atoms with Crippen molar-refractivity contribution in [3.63, 3.8) is 0 Å². The lowest BCUT2D eigenvalue weighted by atomic mass is 10.1. The van der Waals surface area contributed by atoms with Gasteiger partial charge in [0.25, 0.3) is 0 Å². The van der Waals surface area contributed by atoms with E-state index in [4.69, 9.17) is 0 Å². The molecule has 1 aromatic rings. The summed E-state index contributed by atoms with van der Waals surface area (Å²) in [6, 6.07) is 3.95. The quantitative estimate of drug-likeness (QED) is 0.908. The van der Waals surface area contributed by atoms with Gasteiger partial charge in [0.2, 0.25) is 11.8 Å². The highest BCUT2D eigenvalue weighted by Gasteiger charge is 2.44. The normalized spacial score (nSPS) is 23.6. The van der Waals surface area contributed by atoms with E-state index in [2.05, 4.69) is 24.4 Å². The van der Waals surface area contributed by atoms with E-state index in [-0.39, 0.29) is 24.4 Å². The fourth-order valence-electron chi connectivity index (χ4n) is 2.60. The van der Waals surface area contributed by atoms with Crippen molar-refractivity contribution in [2.75, 3.05) is 6.54 Å². The summed E-state index contributed by atoms with van der Waals surface area (Å²) in [4.78, 5) is 28.3. The minimum atomic E-state index is -0.242. The summed E-state index contributed by atoms with van der Waals surface area (Å²) in [6.45, 7) is 2.86. The number of nitrogens with zero attached hydrogens (tertiary/aromatic N) is 1. The molecule has 1 aliphatic heterocycles. The van der Waals surface area contributed by atoms with Crippen molar-refractivity contribution in [2.24, 2.45) is 5.92 Å². The average Bonchev–Trinajstić information content (AvgIpc) is 3.13. The monoisotopic (exact) mass is 278 g/mol. The molecule has 1 saturated carbocycles. The van der Waals surface area contributed by atoms with Crippen molar-refractivity contribution in [3.05, 3.63) is 21.9 Å². The Balaban J connectivity index is 1.78. The van der Waals surface area contributed by atoms with Gasteiger partial charge in [0.1, 0.15) is 6.04 Å². The van der Waals surface area contributed by atoms with E-state index in [1.165, 1.54) is 9.75 Å². The Hall–Kier alpha value is -1.36. The summed E-state index contributed by atoms with van der Waals surface area (Å²) < 4.78 is 0. The molecule has 1 N–H and O–H groups in total. The van der Waals surface area contributed by atoms with Crippen LogP contribution < -0.4 is 5.32 Å². The van der Waals surface area contributed by atoms with Crippen molar-refractivity contribution in [2.45, 2.75) is 38.8 Å². The van der Waals surface area contributed by atoms with E-state index in [1.54, 1.807) is 16.2 Å². The highest BCUT2D eigenvalue weighted by molar-refractivity contribution is 7.11. The summed E-state index contributed by atoms with van der Waals surface area (Å²) >= 11 is 1.74. The van der Waals surface area contributed by atoms with Crippen LogP contribution in [0.15, 0.2) is 12.1 Å². The first-order valence-electron chi connectivity index (χ1n) is 6.84. The molecule has 2 amide bonds. The molecule has 1 aromatic heterocycles. The highest BCUT2D eigenvalue weighted by atomic mass is 32.1. The van der Waals surface area contributed by atoms with Crippen LogP contribution in [-0.2, 0) is 22.6 Å². The third-order valence-corrected chi connectivity index (χ3v) is 5.01. The number of amides is 2. The Bertz CT molecular complexity index is 507. The van der Waals surface area contributed by atoms with Crippen LogP contribution in [-0.4, -0.2) is 29.3 Å². The first kappa shape index (κ1) is 12.7. The van der Waals surface area contributed by atoms with Crippen LogP contribution in [0.4, 0.5) is 0 Å². The van der Waals surface area contributed by atoms with E-state index in [0.29, 0.717) is 12.5 Å². The first-order valence-corrected chi connectivity index (χ1v) is 7.65. The van der Waals surface area contributed by atoms with E-state index in [1.807, 2.05) is 0 Å². The van der Waals surface area contributed by atoms with E-state index in [9.17, 15) is 9.59 Å². The zero-order valence-electron chi connectivity index (χ0n) is 11.0. The van der Waals surface area contributed by atoms with Crippen molar-refractivity contribution < 1.29 is 9.59 Å². The Labute approximate surface area is 116 Å². The molecule has 102 valence electrons. The predicted octanol–water partition coefficient (Wildman–Crippen LogP) is 1.55. The van der Waals surface area contributed by atoms with Gasteiger partial charge in [-0.2, -0.15) is 0 Å². The number of hydrogen-bond acceptors (Lipinski definition) is 3. The Morgan fingerprint density at radius 1 is 1.32 bits per heavy atom. The number of carbonyl (C=O) groups excluding carboxylic acids is 2. The zero-order chi connectivity index (χ0) is 13.4. The van der Waals surface area contributed by atoms with Crippen LogP contribution in [0.2, 0.25) is 0 Å². The molecule has 1 atom stereocenters. The van der Waals surface area contributed by atoms with Gasteiger partial charge in [-0.05, 0) is 37.3 Å². The van der Waals surface area contributed by atoms with Gasteiger partial charge in [0.15, 0.2) is 0 Å². The standard InChI is InChI=1S/C14H18N2O2S/c1-2-10-5-6-11(19-10)8-16-12(17)7-15-14(18)13(16)9-3-4-9/h5-6,9,13H,2-4,7-8H2,1H3,(H,15,18). The minimum Gasteiger partial charge on any atom is -0.345 e. The number of hydrogen-bond donors (Lipinski definition) is 1. The molecule has 0 radical (unpaired) electrons. The molecule has 1 unspecified atom stereocenters. The van der Waals surface area contributed by atoms with Gasteiger partial charge in [-0.25, -0.2) is 0 Å². The van der Waals surface area contributed by atoms with Crippen molar-refractivity contribution >= 4 is 23.2 Å². The summed E-state index contributed by atoms with van der Waals surface area (Å²) in [5.41, 5.74) is 0. The van der Waals surface area contributed by atoms with E-state index >= 15 is 0 Å². The molecule has 2 heterocycles. The maximum absolute atomic E-state index is 12.1. The molecule has 3 rings (SSSR count). The molecule has 0 aromatic carbocycles. The van der Waals surface area contributed by atoms with Gasteiger partial charge in [0.05, 0.1) is 13.1 Å². The largest absolute Gasteiger partial charge is 0.345 e. The third kappa shape index (κ3) is 2.52. The Kier molecular flexibility index (Phi) is 3.31. The maximum Gasteiger partial charge on any atom is 0.243 e. The molecule has 2 aliphatic rings. The molecular weight excluding hydrogens is 260 g/mol.